The molecule has 1 atom stereocenters. The summed E-state index contributed by atoms with van der Waals surface area (Å²) in [6.45, 7) is 3.64. The second kappa shape index (κ2) is 5.93. The molecule has 0 aliphatic heterocycles. The summed E-state index contributed by atoms with van der Waals surface area (Å²) in [6, 6.07) is 2.79. The van der Waals surface area contributed by atoms with Crippen molar-refractivity contribution in [2.75, 3.05) is 7.11 Å². The van der Waals surface area contributed by atoms with Crippen molar-refractivity contribution in [2.45, 2.75) is 26.1 Å². The van der Waals surface area contributed by atoms with E-state index in [1.807, 2.05) is 13.8 Å². The molecule has 0 saturated heterocycles. The van der Waals surface area contributed by atoms with Crippen LogP contribution in [0, 0.1) is 0 Å². The summed E-state index contributed by atoms with van der Waals surface area (Å²) in [5.74, 6) is -0.653. The lowest BCUT2D eigenvalue weighted by Gasteiger charge is -2.17. The first-order valence-corrected chi connectivity index (χ1v) is 5.69. The van der Waals surface area contributed by atoms with Crippen molar-refractivity contribution in [1.29, 1.82) is 0 Å². The number of ether oxygens (including phenoxy) is 2. The largest absolute Gasteiger partial charge is 0.493 e. The fourth-order valence-corrected chi connectivity index (χ4v) is 1.66. The Labute approximate surface area is 110 Å². The molecule has 5 nitrogen and oxygen atoms in total. The summed E-state index contributed by atoms with van der Waals surface area (Å²) >= 11 is 5.90. The minimum Gasteiger partial charge on any atom is -0.493 e. The van der Waals surface area contributed by atoms with Gasteiger partial charge < -0.3 is 19.7 Å². The Morgan fingerprint density at radius 2 is 1.94 bits per heavy atom. The average Bonchev–Trinajstić information content (AvgIpc) is 2.29. The third kappa shape index (κ3) is 3.27. The van der Waals surface area contributed by atoms with Gasteiger partial charge in [-0.15, -0.1) is 0 Å². The molecule has 1 rings (SSSR count). The highest BCUT2D eigenvalue weighted by Gasteiger charge is 2.22. The van der Waals surface area contributed by atoms with Crippen molar-refractivity contribution in [3.05, 3.63) is 22.7 Å². The lowest BCUT2D eigenvalue weighted by atomic mass is 10.1. The van der Waals surface area contributed by atoms with E-state index >= 15 is 0 Å². The number of methoxy groups -OCH3 is 1. The number of hydrogen-bond acceptors (Lipinski definition) is 4. The van der Waals surface area contributed by atoms with E-state index < -0.39 is 12.1 Å². The zero-order valence-corrected chi connectivity index (χ0v) is 11.1. The molecule has 0 aliphatic carbocycles. The molecule has 0 radical (unpaired) electrons. The van der Waals surface area contributed by atoms with E-state index in [-0.39, 0.29) is 16.7 Å². The van der Waals surface area contributed by atoms with Crippen LogP contribution in [0.1, 0.15) is 25.5 Å². The van der Waals surface area contributed by atoms with Crippen molar-refractivity contribution in [3.63, 3.8) is 0 Å². The van der Waals surface area contributed by atoms with Crippen LogP contribution in [0.15, 0.2) is 12.1 Å². The van der Waals surface area contributed by atoms with Gasteiger partial charge in [-0.05, 0) is 19.9 Å². The van der Waals surface area contributed by atoms with Crippen molar-refractivity contribution in [2.24, 2.45) is 0 Å². The van der Waals surface area contributed by atoms with Gasteiger partial charge in [0, 0.05) is 11.6 Å². The summed E-state index contributed by atoms with van der Waals surface area (Å²) < 4.78 is 10.6. The van der Waals surface area contributed by atoms with Crippen LogP contribution >= 0.6 is 11.6 Å². The normalized spacial score (nSPS) is 12.3. The first-order valence-electron chi connectivity index (χ1n) is 5.31. The molecule has 0 saturated carbocycles. The van der Waals surface area contributed by atoms with Crippen LogP contribution in [0.2, 0.25) is 5.02 Å². The van der Waals surface area contributed by atoms with Gasteiger partial charge in [0.15, 0.2) is 17.6 Å². The van der Waals surface area contributed by atoms with E-state index in [1.54, 1.807) is 0 Å². The van der Waals surface area contributed by atoms with E-state index in [0.717, 1.165) is 0 Å². The van der Waals surface area contributed by atoms with Crippen LogP contribution in [0.4, 0.5) is 0 Å². The van der Waals surface area contributed by atoms with Crippen molar-refractivity contribution >= 4 is 17.6 Å². The van der Waals surface area contributed by atoms with Gasteiger partial charge in [-0.2, -0.15) is 0 Å². The third-order valence-electron chi connectivity index (χ3n) is 2.17. The van der Waals surface area contributed by atoms with E-state index in [9.17, 15) is 9.90 Å². The lowest BCUT2D eigenvalue weighted by molar-refractivity contribution is -0.146. The number of aliphatic carboxylic acids is 1. The molecule has 0 fully saturated rings. The Morgan fingerprint density at radius 1 is 1.33 bits per heavy atom. The molecule has 6 heteroatoms. The molecule has 0 heterocycles. The standard InChI is InChI=1S/C12H15ClO5/c1-6(2)18-10-4-7(11(14)12(15)16)8(13)5-9(10)17-3/h4-6,11,14H,1-3H3,(H,15,16). The maximum Gasteiger partial charge on any atom is 0.337 e. The predicted molar refractivity (Wildman–Crippen MR) is 66.4 cm³/mol. The van der Waals surface area contributed by atoms with Crippen LogP contribution in [-0.4, -0.2) is 29.4 Å². The minimum absolute atomic E-state index is 0.0700. The number of aliphatic hydroxyl groups is 1. The van der Waals surface area contributed by atoms with Gasteiger partial charge in [-0.1, -0.05) is 11.6 Å². The number of carboxylic acids is 1. The number of hydrogen-bond donors (Lipinski definition) is 2. The topological polar surface area (TPSA) is 76.0 Å². The molecule has 0 aliphatic rings. The monoisotopic (exact) mass is 274 g/mol. The van der Waals surface area contributed by atoms with Gasteiger partial charge >= 0.3 is 5.97 Å². The Bertz CT molecular complexity index is 444. The van der Waals surface area contributed by atoms with E-state index in [1.165, 1.54) is 19.2 Å². The number of carbonyl (C=O) groups is 1. The van der Waals surface area contributed by atoms with E-state index in [0.29, 0.717) is 11.5 Å². The summed E-state index contributed by atoms with van der Waals surface area (Å²) in [5, 5.41) is 18.4. The van der Waals surface area contributed by atoms with Crippen LogP contribution in [-0.2, 0) is 4.79 Å². The molecule has 18 heavy (non-hydrogen) atoms. The summed E-state index contributed by atoms with van der Waals surface area (Å²) in [6.07, 6.45) is -1.81. The predicted octanol–water partition coefficient (Wildman–Crippen LogP) is 2.25. The van der Waals surface area contributed by atoms with Gasteiger partial charge in [0.05, 0.1) is 18.2 Å². The number of carboxylic acid groups (broad SMARTS) is 1. The molecule has 0 aromatic heterocycles. The van der Waals surface area contributed by atoms with Crippen molar-refractivity contribution in [1.82, 2.24) is 0 Å². The molecule has 0 amide bonds. The zero-order chi connectivity index (χ0) is 13.9. The average molecular weight is 275 g/mol. The number of rotatable bonds is 5. The van der Waals surface area contributed by atoms with Gasteiger partial charge in [0.25, 0.3) is 0 Å². The highest BCUT2D eigenvalue weighted by Crippen LogP contribution is 2.36. The molecule has 1 aromatic carbocycles. The van der Waals surface area contributed by atoms with E-state index in [4.69, 9.17) is 26.2 Å². The molecule has 1 unspecified atom stereocenters. The SMILES string of the molecule is COc1cc(Cl)c(C(O)C(=O)O)cc1OC(C)C. The second-order valence-electron chi connectivity index (χ2n) is 3.93. The van der Waals surface area contributed by atoms with Gasteiger partial charge in [-0.25, -0.2) is 4.79 Å². The molecule has 1 aromatic rings. The Balaban J connectivity index is 3.24. The molecule has 100 valence electrons. The molecular weight excluding hydrogens is 260 g/mol. The summed E-state index contributed by atoms with van der Waals surface area (Å²) in [4.78, 5) is 10.8. The van der Waals surface area contributed by atoms with Gasteiger partial charge in [0.1, 0.15) is 0 Å². The molecule has 0 bridgehead atoms. The van der Waals surface area contributed by atoms with Crippen molar-refractivity contribution in [3.8, 4) is 11.5 Å². The molecular formula is C12H15ClO5. The number of benzene rings is 1. The van der Waals surface area contributed by atoms with Crippen LogP contribution in [0.5, 0.6) is 11.5 Å². The highest BCUT2D eigenvalue weighted by molar-refractivity contribution is 6.31. The fourth-order valence-electron chi connectivity index (χ4n) is 1.40. The Morgan fingerprint density at radius 3 is 2.39 bits per heavy atom. The number of halogens is 1. The molecule has 0 spiro atoms. The highest BCUT2D eigenvalue weighted by atomic mass is 35.5. The maximum atomic E-state index is 10.8. The van der Waals surface area contributed by atoms with Crippen LogP contribution in [0.3, 0.4) is 0 Å². The quantitative estimate of drug-likeness (QED) is 0.861. The lowest BCUT2D eigenvalue weighted by Crippen LogP contribution is -2.12. The smallest absolute Gasteiger partial charge is 0.337 e. The first-order chi connectivity index (χ1) is 8.36. The fraction of sp³-hybridized carbons (Fsp3) is 0.417. The first kappa shape index (κ1) is 14.6. The van der Waals surface area contributed by atoms with Gasteiger partial charge in [0.2, 0.25) is 0 Å². The van der Waals surface area contributed by atoms with Crippen molar-refractivity contribution < 1.29 is 24.5 Å². The second-order valence-corrected chi connectivity index (χ2v) is 4.34. The zero-order valence-electron chi connectivity index (χ0n) is 10.3. The van der Waals surface area contributed by atoms with E-state index in [2.05, 4.69) is 0 Å². The van der Waals surface area contributed by atoms with Crippen LogP contribution in [0.25, 0.3) is 0 Å². The van der Waals surface area contributed by atoms with Gasteiger partial charge in [-0.3, -0.25) is 0 Å². The molecule has 2 N–H and O–H groups in total. The van der Waals surface area contributed by atoms with Crippen LogP contribution < -0.4 is 9.47 Å². The Hall–Kier alpha value is -1.46. The maximum absolute atomic E-state index is 10.8. The third-order valence-corrected chi connectivity index (χ3v) is 2.50. The number of aliphatic hydroxyl groups excluding tert-OH is 1. The Kier molecular flexibility index (Phi) is 4.81. The summed E-state index contributed by atoms with van der Waals surface area (Å²) in [7, 11) is 1.45. The summed E-state index contributed by atoms with van der Waals surface area (Å²) in [5.41, 5.74) is 0.0700. The minimum atomic E-state index is -1.70.